The van der Waals surface area contributed by atoms with Crippen molar-refractivity contribution in [2.24, 2.45) is 0 Å². The Labute approximate surface area is 89.4 Å². The number of hydrogen-bond donors (Lipinski definition) is 1. The second-order valence-corrected chi connectivity index (χ2v) is 5.97. The molecule has 6 nitrogen and oxygen atoms in total. The summed E-state index contributed by atoms with van der Waals surface area (Å²) in [6.07, 6.45) is 0. The summed E-state index contributed by atoms with van der Waals surface area (Å²) in [6.45, 7) is 0. The van der Waals surface area contributed by atoms with Crippen molar-refractivity contribution in [3.8, 4) is 0 Å². The third kappa shape index (κ3) is 4.30. The summed E-state index contributed by atoms with van der Waals surface area (Å²) in [5, 5.41) is 10.4. The summed E-state index contributed by atoms with van der Waals surface area (Å²) in [5.41, 5.74) is 0.357. The molecule has 0 fully saturated rings. The first-order valence-electron chi connectivity index (χ1n) is 3.73. The lowest BCUT2D eigenvalue weighted by molar-refractivity contribution is -0.384. The predicted octanol–water partition coefficient (Wildman–Crippen LogP) is 0.980. The van der Waals surface area contributed by atoms with E-state index in [0.717, 1.165) is 0 Å². The molecule has 1 unspecified atom stereocenters. The normalized spacial score (nSPS) is 14.3. The predicted molar refractivity (Wildman–Crippen MR) is 55.7 cm³/mol. The Morgan fingerprint density at radius 2 is 2.20 bits per heavy atom. The van der Waals surface area contributed by atoms with Gasteiger partial charge in [0.25, 0.3) is 25.1 Å². The molecule has 82 valence electrons. The fourth-order valence-corrected chi connectivity index (χ4v) is 2.22. The van der Waals surface area contributed by atoms with Gasteiger partial charge in [0.15, 0.2) is 0 Å². The zero-order valence-electron chi connectivity index (χ0n) is 7.36. The minimum atomic E-state index is -4.11. The van der Waals surface area contributed by atoms with Gasteiger partial charge >= 0.3 is 0 Å². The van der Waals surface area contributed by atoms with Crippen molar-refractivity contribution in [2.75, 3.05) is 0 Å². The molecule has 1 N–H and O–H groups in total. The molecular formula is C7H7NO5S2. The highest BCUT2D eigenvalue weighted by Crippen LogP contribution is 2.13. The molecule has 1 aromatic rings. The van der Waals surface area contributed by atoms with Gasteiger partial charge in [-0.2, -0.15) is 4.21 Å². The molecule has 0 amide bonds. The lowest BCUT2D eigenvalue weighted by Crippen LogP contribution is -1.98. The molecule has 0 bridgehead atoms. The number of nitrogens with zero attached hydrogens (tertiary/aromatic N) is 1. The fraction of sp³-hybridized carbons (Fsp3) is 0.143. The van der Waals surface area contributed by atoms with Crippen molar-refractivity contribution in [3.05, 3.63) is 39.9 Å². The van der Waals surface area contributed by atoms with E-state index in [-0.39, 0.29) is 11.4 Å². The number of nitro benzene ring substituents is 1. The topological polar surface area (TPSA) is 104 Å². The van der Waals surface area contributed by atoms with Gasteiger partial charge in [-0.25, -0.2) is 0 Å². The first-order chi connectivity index (χ1) is 6.88. The number of rotatable bonds is 3. The Balaban J connectivity index is 2.93. The molecule has 1 rings (SSSR count). The second-order valence-electron chi connectivity index (χ2n) is 2.62. The number of benzene rings is 1. The van der Waals surface area contributed by atoms with Crippen LogP contribution in [0.2, 0.25) is 0 Å². The third-order valence-electron chi connectivity index (χ3n) is 1.50. The van der Waals surface area contributed by atoms with Gasteiger partial charge in [-0.3, -0.25) is 14.7 Å². The maximum Gasteiger partial charge on any atom is 0.269 e. The molecule has 8 heteroatoms. The van der Waals surface area contributed by atoms with E-state index in [4.69, 9.17) is 4.55 Å². The number of nitro groups is 1. The SMILES string of the molecule is O=[N+]([O-])c1cccc(C[S+]=S(=O)([O-])O)c1. The zero-order valence-corrected chi connectivity index (χ0v) is 8.99. The van der Waals surface area contributed by atoms with Gasteiger partial charge in [-0.15, -0.1) is 0 Å². The Hall–Kier alpha value is -1.09. The van der Waals surface area contributed by atoms with Crippen LogP contribution < -0.4 is 0 Å². The van der Waals surface area contributed by atoms with Gasteiger partial charge in [0.2, 0.25) is 5.75 Å². The van der Waals surface area contributed by atoms with Gasteiger partial charge in [-0.1, -0.05) is 12.1 Å². The Bertz CT molecular complexity index is 484. The van der Waals surface area contributed by atoms with E-state index < -0.39 is 14.0 Å². The summed E-state index contributed by atoms with van der Waals surface area (Å²) in [5.74, 6) is -0.0273. The smallest absolute Gasteiger partial charge is 0.269 e. The Morgan fingerprint density at radius 1 is 1.53 bits per heavy atom. The minimum absolute atomic E-state index is 0.0273. The van der Waals surface area contributed by atoms with Crippen LogP contribution in [-0.4, -0.2) is 18.2 Å². The molecule has 0 spiro atoms. The van der Waals surface area contributed by atoms with Gasteiger partial charge in [0.05, 0.1) is 4.92 Å². The quantitative estimate of drug-likeness (QED) is 0.488. The van der Waals surface area contributed by atoms with Crippen molar-refractivity contribution < 1.29 is 18.2 Å². The van der Waals surface area contributed by atoms with Crippen molar-refractivity contribution in [2.45, 2.75) is 5.75 Å². The van der Waals surface area contributed by atoms with Crippen LogP contribution in [0.5, 0.6) is 0 Å². The van der Waals surface area contributed by atoms with Crippen LogP contribution in [-0.2, 0) is 25.1 Å². The average molecular weight is 249 g/mol. The molecule has 0 aliphatic carbocycles. The molecule has 0 aromatic heterocycles. The molecule has 0 saturated carbocycles. The van der Waals surface area contributed by atoms with Crippen LogP contribution in [0, 0.1) is 10.1 Å². The van der Waals surface area contributed by atoms with Crippen molar-refractivity contribution in [1.29, 1.82) is 0 Å². The maximum atomic E-state index is 10.4. The van der Waals surface area contributed by atoms with E-state index in [2.05, 4.69) is 0 Å². The maximum absolute atomic E-state index is 10.4. The standard InChI is InChI=1S/C7H7NO5S2/c9-8(10)7-3-1-2-6(4-7)5-14-15(11,12)13/h1-4H,5H2,(H-,11,12,13). The monoisotopic (exact) mass is 249 g/mol. The summed E-state index contributed by atoms with van der Waals surface area (Å²) < 4.78 is 29.3. The zero-order chi connectivity index (χ0) is 11.5. The molecule has 0 heterocycles. The highest BCUT2D eigenvalue weighted by molar-refractivity contribution is 8.33. The van der Waals surface area contributed by atoms with Crippen molar-refractivity contribution >= 4 is 25.1 Å². The molecule has 0 aliphatic heterocycles. The van der Waals surface area contributed by atoms with Gasteiger partial charge in [0, 0.05) is 17.7 Å². The first-order valence-corrected chi connectivity index (χ1v) is 6.68. The molecule has 15 heavy (non-hydrogen) atoms. The van der Waals surface area contributed by atoms with E-state index in [0.29, 0.717) is 15.9 Å². The van der Waals surface area contributed by atoms with Crippen LogP contribution in [0.4, 0.5) is 5.69 Å². The van der Waals surface area contributed by atoms with Crippen LogP contribution in [0.15, 0.2) is 24.3 Å². The van der Waals surface area contributed by atoms with Crippen LogP contribution in [0.25, 0.3) is 0 Å². The largest absolute Gasteiger partial charge is 0.712 e. The molecule has 1 atom stereocenters. The summed E-state index contributed by atoms with van der Waals surface area (Å²) in [6, 6.07) is 5.57. The van der Waals surface area contributed by atoms with E-state index >= 15 is 0 Å². The summed E-state index contributed by atoms with van der Waals surface area (Å²) in [7, 11) is -3.80. The van der Waals surface area contributed by atoms with Crippen molar-refractivity contribution in [1.82, 2.24) is 0 Å². The van der Waals surface area contributed by atoms with Gasteiger partial charge < -0.3 is 4.55 Å². The molecule has 0 saturated heterocycles. The third-order valence-corrected chi connectivity index (χ3v) is 3.49. The molecule has 1 aromatic carbocycles. The van der Waals surface area contributed by atoms with Gasteiger partial charge in [-0.05, 0) is 0 Å². The Morgan fingerprint density at radius 3 is 2.73 bits per heavy atom. The van der Waals surface area contributed by atoms with E-state index in [1.807, 2.05) is 0 Å². The lowest BCUT2D eigenvalue weighted by Gasteiger charge is -1.94. The highest BCUT2D eigenvalue weighted by atomic mass is 32.9. The summed E-state index contributed by atoms with van der Waals surface area (Å²) >= 11 is 0. The molecule has 0 radical (unpaired) electrons. The van der Waals surface area contributed by atoms with Crippen LogP contribution in [0.3, 0.4) is 0 Å². The van der Waals surface area contributed by atoms with E-state index in [1.54, 1.807) is 6.07 Å². The summed E-state index contributed by atoms with van der Waals surface area (Å²) in [4.78, 5) is 9.82. The minimum Gasteiger partial charge on any atom is -0.712 e. The lowest BCUT2D eigenvalue weighted by atomic mass is 10.2. The fourth-order valence-electron chi connectivity index (χ4n) is 0.902. The van der Waals surface area contributed by atoms with Crippen LogP contribution >= 0.6 is 0 Å². The average Bonchev–Trinajstić information content (AvgIpc) is 2.14. The Kier molecular flexibility index (Phi) is 3.69. The number of hydrogen-bond acceptors (Lipinski definition) is 4. The van der Waals surface area contributed by atoms with Gasteiger partial charge in [0.1, 0.15) is 0 Å². The second kappa shape index (κ2) is 4.62. The number of non-ortho nitro benzene ring substituents is 1. The highest BCUT2D eigenvalue weighted by Gasteiger charge is 2.09. The van der Waals surface area contributed by atoms with Crippen LogP contribution in [0.1, 0.15) is 5.56 Å². The first kappa shape index (κ1) is 12.0. The van der Waals surface area contributed by atoms with Crippen molar-refractivity contribution in [3.63, 3.8) is 0 Å². The molecule has 0 aliphatic rings. The van der Waals surface area contributed by atoms with E-state index in [1.165, 1.54) is 18.2 Å². The molecular weight excluding hydrogens is 242 g/mol. The van der Waals surface area contributed by atoms with E-state index in [9.17, 15) is 18.9 Å².